The molecular formula is C7H5N5O2. The van der Waals surface area contributed by atoms with Crippen LogP contribution in [0.4, 0.5) is 0 Å². The van der Waals surface area contributed by atoms with Gasteiger partial charge in [-0.05, 0) is 0 Å². The molecule has 0 radical (unpaired) electrons. The molecule has 0 saturated carbocycles. The molecule has 7 heteroatoms. The van der Waals surface area contributed by atoms with Crippen LogP contribution in [0, 0.1) is 5.41 Å². The van der Waals surface area contributed by atoms with E-state index in [0.29, 0.717) is 6.29 Å². The molecule has 0 fully saturated rings. The lowest BCUT2D eigenvalue weighted by Gasteiger charge is -2.19. The number of amides is 1. The van der Waals surface area contributed by atoms with Crippen molar-refractivity contribution < 1.29 is 9.59 Å². The van der Waals surface area contributed by atoms with E-state index in [-0.39, 0.29) is 17.5 Å². The number of nitrogens with one attached hydrogen (secondary N) is 2. The summed E-state index contributed by atoms with van der Waals surface area (Å²) in [6, 6.07) is -0.894. The van der Waals surface area contributed by atoms with Crippen LogP contribution in [0.25, 0.3) is 0 Å². The minimum Gasteiger partial charge on any atom is -0.296 e. The van der Waals surface area contributed by atoms with Crippen molar-refractivity contribution in [2.24, 2.45) is 15.0 Å². The number of nitrogens with zero attached hydrogens (tertiary/aromatic N) is 3. The van der Waals surface area contributed by atoms with Crippen LogP contribution < -0.4 is 5.32 Å². The van der Waals surface area contributed by atoms with Gasteiger partial charge in [-0.3, -0.25) is 25.3 Å². The van der Waals surface area contributed by atoms with Gasteiger partial charge in [0.15, 0.2) is 18.2 Å². The number of fused-ring (bicyclic) bond motifs is 1. The average Bonchev–Trinajstić information content (AvgIpc) is 2.17. The summed E-state index contributed by atoms with van der Waals surface area (Å²) >= 11 is 0. The third-order valence-corrected chi connectivity index (χ3v) is 1.69. The number of carbonyl (C=O) groups is 2. The first-order valence-electron chi connectivity index (χ1n) is 3.76. The number of hydrogen-bond donors (Lipinski definition) is 2. The number of guanidine groups is 1. The van der Waals surface area contributed by atoms with Crippen LogP contribution in [-0.2, 0) is 9.59 Å². The van der Waals surface area contributed by atoms with Crippen LogP contribution in [-0.4, -0.2) is 42.0 Å². The summed E-state index contributed by atoms with van der Waals surface area (Å²) in [6.07, 6.45) is 1.72. The van der Waals surface area contributed by atoms with Crippen LogP contribution in [0.15, 0.2) is 15.0 Å². The predicted octanol–water partition coefficient (Wildman–Crippen LogP) is -1.46. The lowest BCUT2D eigenvalue weighted by atomic mass is 10.2. The topological polar surface area (TPSA) is 107 Å². The van der Waals surface area contributed by atoms with Crippen LogP contribution >= 0.6 is 0 Å². The van der Waals surface area contributed by atoms with Crippen molar-refractivity contribution in [1.82, 2.24) is 5.32 Å². The van der Waals surface area contributed by atoms with E-state index in [0.717, 1.165) is 0 Å². The van der Waals surface area contributed by atoms with Gasteiger partial charge in [-0.2, -0.15) is 4.99 Å². The smallest absolute Gasteiger partial charge is 0.259 e. The quantitative estimate of drug-likeness (QED) is 0.494. The summed E-state index contributed by atoms with van der Waals surface area (Å²) in [5, 5.41) is 9.31. The second kappa shape index (κ2) is 2.95. The Morgan fingerprint density at radius 3 is 3.07 bits per heavy atom. The maximum absolute atomic E-state index is 11.3. The summed E-state index contributed by atoms with van der Waals surface area (Å²) in [7, 11) is 0. The molecule has 1 atom stereocenters. The van der Waals surface area contributed by atoms with Crippen LogP contribution in [0.1, 0.15) is 0 Å². The number of aldehydes is 1. The van der Waals surface area contributed by atoms with Crippen LogP contribution in [0.5, 0.6) is 0 Å². The molecule has 0 aromatic carbocycles. The van der Waals surface area contributed by atoms with Gasteiger partial charge in [0.05, 0.1) is 6.21 Å². The molecule has 0 bridgehead atoms. The van der Waals surface area contributed by atoms with Crippen LogP contribution in [0.3, 0.4) is 0 Å². The van der Waals surface area contributed by atoms with Crippen molar-refractivity contribution in [3.05, 3.63) is 0 Å². The van der Waals surface area contributed by atoms with E-state index in [4.69, 9.17) is 5.41 Å². The highest BCUT2D eigenvalue weighted by Gasteiger charge is 2.31. The van der Waals surface area contributed by atoms with Gasteiger partial charge in [-0.15, -0.1) is 0 Å². The van der Waals surface area contributed by atoms with Gasteiger partial charge in [0.2, 0.25) is 5.96 Å². The fourth-order valence-electron chi connectivity index (χ4n) is 1.10. The third kappa shape index (κ3) is 1.24. The number of amidine groups is 1. The molecule has 2 N–H and O–H groups in total. The maximum Gasteiger partial charge on any atom is 0.259 e. The Hall–Kier alpha value is -2.18. The van der Waals surface area contributed by atoms with Crippen molar-refractivity contribution >= 4 is 35.9 Å². The minimum atomic E-state index is -0.894. The minimum absolute atomic E-state index is 0.0949. The lowest BCUT2D eigenvalue weighted by molar-refractivity contribution is -0.119. The van der Waals surface area contributed by atoms with Crippen molar-refractivity contribution in [3.63, 3.8) is 0 Å². The number of carbonyl (C=O) groups excluding carboxylic acids is 2. The Bertz CT molecular complexity index is 420. The van der Waals surface area contributed by atoms with E-state index < -0.39 is 11.9 Å². The molecule has 0 saturated heterocycles. The first kappa shape index (κ1) is 8.42. The molecule has 14 heavy (non-hydrogen) atoms. The third-order valence-electron chi connectivity index (χ3n) is 1.69. The molecule has 1 amide bonds. The Balaban J connectivity index is 2.42. The molecule has 2 heterocycles. The Kier molecular flexibility index (Phi) is 1.77. The van der Waals surface area contributed by atoms with Crippen molar-refractivity contribution in [3.8, 4) is 0 Å². The molecule has 0 spiro atoms. The monoisotopic (exact) mass is 191 g/mol. The number of rotatable bonds is 1. The zero-order valence-electron chi connectivity index (χ0n) is 6.89. The molecule has 7 nitrogen and oxygen atoms in total. The Morgan fingerprint density at radius 1 is 1.57 bits per heavy atom. The Morgan fingerprint density at radius 2 is 2.36 bits per heavy atom. The highest BCUT2D eigenvalue weighted by Crippen LogP contribution is 2.06. The summed E-state index contributed by atoms with van der Waals surface area (Å²) in [5.74, 6) is -0.608. The lowest BCUT2D eigenvalue weighted by Crippen LogP contribution is -2.47. The van der Waals surface area contributed by atoms with Gasteiger partial charge < -0.3 is 0 Å². The predicted molar refractivity (Wildman–Crippen MR) is 49.1 cm³/mol. The zero-order valence-corrected chi connectivity index (χ0v) is 6.89. The van der Waals surface area contributed by atoms with Crippen molar-refractivity contribution in [1.29, 1.82) is 5.41 Å². The maximum atomic E-state index is 11.3. The summed E-state index contributed by atoms with van der Waals surface area (Å²) in [4.78, 5) is 32.9. The second-order valence-electron chi connectivity index (χ2n) is 2.64. The molecule has 70 valence electrons. The first-order chi connectivity index (χ1) is 6.70. The molecular weight excluding hydrogens is 186 g/mol. The molecule has 0 aliphatic carbocycles. The molecule has 2 rings (SSSR count). The normalized spacial score (nSPS) is 24.7. The van der Waals surface area contributed by atoms with Gasteiger partial charge in [-0.1, -0.05) is 0 Å². The molecule has 2 aliphatic rings. The fourth-order valence-corrected chi connectivity index (χ4v) is 1.10. The summed E-state index contributed by atoms with van der Waals surface area (Å²) in [5.41, 5.74) is 0.0949. The first-order valence-corrected chi connectivity index (χ1v) is 3.76. The molecule has 2 aliphatic heterocycles. The molecule has 0 aromatic rings. The highest BCUT2D eigenvalue weighted by atomic mass is 16.2. The van der Waals surface area contributed by atoms with Crippen molar-refractivity contribution in [2.75, 3.05) is 0 Å². The number of aliphatic imine (C=N–C) groups is 3. The molecule has 1 unspecified atom stereocenters. The van der Waals surface area contributed by atoms with E-state index in [9.17, 15) is 9.59 Å². The highest BCUT2D eigenvalue weighted by molar-refractivity contribution is 6.56. The van der Waals surface area contributed by atoms with Gasteiger partial charge in [0, 0.05) is 0 Å². The zero-order chi connectivity index (χ0) is 10.1. The number of hydrogen-bond acceptors (Lipinski definition) is 5. The van der Waals surface area contributed by atoms with E-state index in [1.165, 1.54) is 6.21 Å². The van der Waals surface area contributed by atoms with Gasteiger partial charge in [0.25, 0.3) is 5.91 Å². The summed E-state index contributed by atoms with van der Waals surface area (Å²) in [6.45, 7) is 0. The largest absolute Gasteiger partial charge is 0.296 e. The van der Waals surface area contributed by atoms with E-state index in [1.807, 2.05) is 0 Å². The Labute approximate surface area is 78.2 Å². The average molecular weight is 191 g/mol. The van der Waals surface area contributed by atoms with Gasteiger partial charge in [0.1, 0.15) is 5.71 Å². The summed E-state index contributed by atoms with van der Waals surface area (Å²) < 4.78 is 0. The van der Waals surface area contributed by atoms with E-state index in [1.54, 1.807) is 0 Å². The van der Waals surface area contributed by atoms with E-state index in [2.05, 4.69) is 20.3 Å². The van der Waals surface area contributed by atoms with Gasteiger partial charge in [-0.25, -0.2) is 4.99 Å². The van der Waals surface area contributed by atoms with Gasteiger partial charge >= 0.3 is 0 Å². The second-order valence-corrected chi connectivity index (χ2v) is 2.64. The fraction of sp³-hybridized carbons (Fsp3) is 0.143. The molecule has 0 aromatic heterocycles. The van der Waals surface area contributed by atoms with Crippen molar-refractivity contribution in [2.45, 2.75) is 6.04 Å². The SMILES string of the molecule is N=C1N=C2N=CC(C=O)=NC2C(=O)N1. The standard InChI is InChI=1S/C7H5N5O2/c8-7-11-5-4(6(14)12-7)10-3(2-13)1-9-5/h1-2,4H,(H2,8,12,14). The van der Waals surface area contributed by atoms with E-state index >= 15 is 0 Å². The van der Waals surface area contributed by atoms with Crippen LogP contribution in [0.2, 0.25) is 0 Å².